The van der Waals surface area contributed by atoms with Crippen LogP contribution >= 0.6 is 23.2 Å². The molecule has 0 saturated heterocycles. The lowest BCUT2D eigenvalue weighted by Crippen LogP contribution is -2.13. The lowest BCUT2D eigenvalue weighted by molar-refractivity contribution is 0.102. The molecule has 0 bridgehead atoms. The number of hydrogen-bond acceptors (Lipinski definition) is 3. The van der Waals surface area contributed by atoms with E-state index in [0.717, 1.165) is 0 Å². The van der Waals surface area contributed by atoms with Crippen molar-refractivity contribution in [1.82, 2.24) is 4.98 Å². The minimum absolute atomic E-state index is 0.112. The molecule has 1 heterocycles. The Labute approximate surface area is 153 Å². The molecule has 0 aliphatic rings. The molecule has 0 fully saturated rings. The SMILES string of the molecule is O=C(Nc1ccc(F)cc1)c1cccnc1Oc1ccc(Cl)c(Cl)c1. The highest BCUT2D eigenvalue weighted by Crippen LogP contribution is 2.30. The van der Waals surface area contributed by atoms with E-state index in [9.17, 15) is 9.18 Å². The van der Waals surface area contributed by atoms with Gasteiger partial charge in [0.05, 0.1) is 10.0 Å². The van der Waals surface area contributed by atoms with Crippen LogP contribution in [0.2, 0.25) is 10.0 Å². The molecule has 1 aromatic heterocycles. The van der Waals surface area contributed by atoms with Crippen LogP contribution in [0.4, 0.5) is 10.1 Å². The number of nitrogens with zero attached hydrogens (tertiary/aromatic N) is 1. The summed E-state index contributed by atoms with van der Waals surface area (Å²) in [6.07, 6.45) is 1.50. The first kappa shape index (κ1) is 17.2. The summed E-state index contributed by atoms with van der Waals surface area (Å²) in [5.74, 6) is -0.317. The summed E-state index contributed by atoms with van der Waals surface area (Å²) in [6.45, 7) is 0. The van der Waals surface area contributed by atoms with Gasteiger partial charge in [0.15, 0.2) is 0 Å². The zero-order valence-electron chi connectivity index (χ0n) is 12.7. The number of anilines is 1. The van der Waals surface area contributed by atoms with Crippen molar-refractivity contribution in [3.63, 3.8) is 0 Å². The lowest BCUT2D eigenvalue weighted by Gasteiger charge is -2.11. The zero-order valence-corrected chi connectivity index (χ0v) is 14.2. The van der Waals surface area contributed by atoms with E-state index in [0.29, 0.717) is 21.5 Å². The maximum absolute atomic E-state index is 13.0. The van der Waals surface area contributed by atoms with Gasteiger partial charge >= 0.3 is 0 Å². The summed E-state index contributed by atoms with van der Waals surface area (Å²) in [7, 11) is 0. The predicted molar refractivity (Wildman–Crippen MR) is 95.1 cm³/mol. The number of benzene rings is 2. The molecule has 126 valence electrons. The smallest absolute Gasteiger partial charge is 0.261 e. The number of nitrogens with one attached hydrogen (secondary N) is 1. The van der Waals surface area contributed by atoms with E-state index >= 15 is 0 Å². The molecule has 0 aliphatic heterocycles. The quantitative estimate of drug-likeness (QED) is 0.647. The van der Waals surface area contributed by atoms with E-state index in [4.69, 9.17) is 27.9 Å². The summed E-state index contributed by atoms with van der Waals surface area (Å²) in [4.78, 5) is 16.5. The molecule has 3 aromatic rings. The second kappa shape index (κ2) is 7.51. The van der Waals surface area contributed by atoms with Crippen LogP contribution in [0.15, 0.2) is 60.8 Å². The number of aromatic nitrogens is 1. The Morgan fingerprint density at radius 2 is 1.80 bits per heavy atom. The number of hydrogen-bond donors (Lipinski definition) is 1. The Balaban J connectivity index is 1.83. The molecule has 0 atom stereocenters. The van der Waals surface area contributed by atoms with Gasteiger partial charge in [-0.2, -0.15) is 0 Å². The van der Waals surface area contributed by atoms with Crippen LogP contribution in [0.1, 0.15) is 10.4 Å². The van der Waals surface area contributed by atoms with Gasteiger partial charge in [-0.15, -0.1) is 0 Å². The summed E-state index contributed by atoms with van der Waals surface area (Å²) < 4.78 is 18.6. The van der Waals surface area contributed by atoms with Crippen molar-refractivity contribution in [2.75, 3.05) is 5.32 Å². The third-order valence-electron chi connectivity index (χ3n) is 3.22. The van der Waals surface area contributed by atoms with Gasteiger partial charge in [0, 0.05) is 18.0 Å². The number of rotatable bonds is 4. The van der Waals surface area contributed by atoms with E-state index in [1.807, 2.05) is 0 Å². The lowest BCUT2D eigenvalue weighted by atomic mass is 10.2. The first-order valence-corrected chi connectivity index (χ1v) is 7.93. The molecule has 1 amide bonds. The average Bonchev–Trinajstić information content (AvgIpc) is 2.60. The highest BCUT2D eigenvalue weighted by atomic mass is 35.5. The Morgan fingerprint density at radius 1 is 1.04 bits per heavy atom. The van der Waals surface area contributed by atoms with E-state index in [-0.39, 0.29) is 17.3 Å². The Kier molecular flexibility index (Phi) is 5.16. The summed E-state index contributed by atoms with van der Waals surface area (Å²) >= 11 is 11.8. The van der Waals surface area contributed by atoms with Crippen LogP contribution in [0.25, 0.3) is 0 Å². The molecule has 7 heteroatoms. The highest BCUT2D eigenvalue weighted by molar-refractivity contribution is 6.42. The largest absolute Gasteiger partial charge is 0.438 e. The maximum atomic E-state index is 13.0. The van der Waals surface area contributed by atoms with Crippen molar-refractivity contribution in [1.29, 1.82) is 0 Å². The van der Waals surface area contributed by atoms with Crippen molar-refractivity contribution in [3.05, 3.63) is 82.2 Å². The number of carbonyl (C=O) groups excluding carboxylic acids is 1. The molecular weight excluding hydrogens is 366 g/mol. The molecule has 1 N–H and O–H groups in total. The Bertz CT molecular complexity index is 917. The average molecular weight is 377 g/mol. The molecule has 0 saturated carbocycles. The number of halogens is 3. The minimum atomic E-state index is -0.435. The fourth-order valence-electron chi connectivity index (χ4n) is 2.03. The van der Waals surface area contributed by atoms with Gasteiger partial charge in [0.1, 0.15) is 17.1 Å². The maximum Gasteiger partial charge on any atom is 0.261 e. The highest BCUT2D eigenvalue weighted by Gasteiger charge is 2.15. The second-order valence-electron chi connectivity index (χ2n) is 5.00. The number of amides is 1. The van der Waals surface area contributed by atoms with E-state index in [1.54, 1.807) is 24.3 Å². The number of ether oxygens (including phenoxy) is 1. The van der Waals surface area contributed by atoms with Crippen molar-refractivity contribution in [2.24, 2.45) is 0 Å². The molecule has 0 radical (unpaired) electrons. The molecule has 25 heavy (non-hydrogen) atoms. The molecule has 0 unspecified atom stereocenters. The Hall–Kier alpha value is -2.63. The van der Waals surface area contributed by atoms with Crippen LogP contribution in [-0.4, -0.2) is 10.9 Å². The van der Waals surface area contributed by atoms with Crippen molar-refractivity contribution in [3.8, 4) is 11.6 Å². The normalized spacial score (nSPS) is 10.4. The number of carbonyl (C=O) groups is 1. The molecule has 3 rings (SSSR count). The third kappa shape index (κ3) is 4.26. The van der Waals surface area contributed by atoms with Gasteiger partial charge in [-0.1, -0.05) is 23.2 Å². The summed E-state index contributed by atoms with van der Waals surface area (Å²) in [5.41, 5.74) is 0.675. The first-order chi connectivity index (χ1) is 12.0. The Morgan fingerprint density at radius 3 is 2.52 bits per heavy atom. The van der Waals surface area contributed by atoms with Crippen LogP contribution in [-0.2, 0) is 0 Å². The van der Waals surface area contributed by atoms with Gasteiger partial charge in [-0.05, 0) is 48.5 Å². The van der Waals surface area contributed by atoms with E-state index in [2.05, 4.69) is 10.3 Å². The van der Waals surface area contributed by atoms with Crippen molar-refractivity contribution >= 4 is 34.8 Å². The topological polar surface area (TPSA) is 51.2 Å². The van der Waals surface area contributed by atoms with Gasteiger partial charge < -0.3 is 10.1 Å². The summed E-state index contributed by atoms with van der Waals surface area (Å²) in [6, 6.07) is 13.3. The van der Waals surface area contributed by atoms with Crippen LogP contribution in [0, 0.1) is 5.82 Å². The minimum Gasteiger partial charge on any atom is -0.438 e. The number of pyridine rings is 1. The third-order valence-corrected chi connectivity index (χ3v) is 3.96. The molecule has 4 nitrogen and oxygen atoms in total. The van der Waals surface area contributed by atoms with Crippen molar-refractivity contribution < 1.29 is 13.9 Å². The van der Waals surface area contributed by atoms with Gasteiger partial charge in [0.25, 0.3) is 5.91 Å². The van der Waals surface area contributed by atoms with Gasteiger partial charge in [-0.25, -0.2) is 9.37 Å². The standard InChI is InChI=1S/C18H11Cl2FN2O2/c19-15-8-7-13(10-16(15)20)25-18-14(2-1-9-22-18)17(24)23-12-5-3-11(21)4-6-12/h1-10H,(H,23,24). The predicted octanol–water partition coefficient (Wildman–Crippen LogP) is 5.57. The van der Waals surface area contributed by atoms with E-state index < -0.39 is 5.91 Å². The monoisotopic (exact) mass is 376 g/mol. The summed E-state index contributed by atoms with van der Waals surface area (Å²) in [5, 5.41) is 3.38. The second-order valence-corrected chi connectivity index (χ2v) is 5.81. The zero-order chi connectivity index (χ0) is 17.8. The van der Waals surface area contributed by atoms with Crippen molar-refractivity contribution in [2.45, 2.75) is 0 Å². The van der Waals surface area contributed by atoms with Gasteiger partial charge in [0.2, 0.25) is 5.88 Å². The molecule has 0 aliphatic carbocycles. The van der Waals surface area contributed by atoms with Gasteiger partial charge in [-0.3, -0.25) is 4.79 Å². The molecule has 0 spiro atoms. The van der Waals surface area contributed by atoms with Crippen LogP contribution in [0.3, 0.4) is 0 Å². The first-order valence-electron chi connectivity index (χ1n) is 7.18. The van der Waals surface area contributed by atoms with Crippen LogP contribution in [0.5, 0.6) is 11.6 Å². The fraction of sp³-hybridized carbons (Fsp3) is 0. The molecule has 2 aromatic carbocycles. The molecular formula is C18H11Cl2FN2O2. The fourth-order valence-corrected chi connectivity index (χ4v) is 2.32. The van der Waals surface area contributed by atoms with E-state index in [1.165, 1.54) is 36.5 Å². The van der Waals surface area contributed by atoms with Crippen LogP contribution < -0.4 is 10.1 Å².